The third kappa shape index (κ3) is 2.09. The largest absolute Gasteiger partial charge is 0.391 e. The van der Waals surface area contributed by atoms with E-state index in [1.165, 1.54) is 6.42 Å². The van der Waals surface area contributed by atoms with Gasteiger partial charge in [-0.05, 0) is 18.8 Å². The zero-order valence-electron chi connectivity index (χ0n) is 9.29. The summed E-state index contributed by atoms with van der Waals surface area (Å²) in [5.41, 5.74) is -0.437. The van der Waals surface area contributed by atoms with Crippen molar-refractivity contribution in [1.82, 2.24) is 0 Å². The van der Waals surface area contributed by atoms with E-state index >= 15 is 0 Å². The number of nitrogens with zero attached hydrogens (tertiary/aromatic N) is 1. The fraction of sp³-hybridized carbons (Fsp3) is 0.917. The van der Waals surface area contributed by atoms with Crippen LogP contribution in [0.1, 0.15) is 52.4 Å². The van der Waals surface area contributed by atoms with Gasteiger partial charge in [0.15, 0.2) is 0 Å². The van der Waals surface area contributed by atoms with Gasteiger partial charge in [-0.15, -0.1) is 0 Å². The molecule has 0 saturated heterocycles. The maximum atomic E-state index is 10.2. The van der Waals surface area contributed by atoms with Crippen LogP contribution < -0.4 is 0 Å². The molecule has 1 aliphatic carbocycles. The van der Waals surface area contributed by atoms with Crippen LogP contribution in [0.5, 0.6) is 0 Å². The van der Waals surface area contributed by atoms with Gasteiger partial charge in [0.05, 0.1) is 17.6 Å². The second-order valence-corrected chi connectivity index (χ2v) is 4.66. The average molecular weight is 195 g/mol. The fourth-order valence-electron chi connectivity index (χ4n) is 2.42. The summed E-state index contributed by atoms with van der Waals surface area (Å²) in [4.78, 5) is 0. The van der Waals surface area contributed by atoms with Crippen LogP contribution in [0, 0.1) is 22.7 Å². The minimum atomic E-state index is -0.437. The van der Waals surface area contributed by atoms with Crippen LogP contribution >= 0.6 is 0 Å². The lowest BCUT2D eigenvalue weighted by atomic mass is 9.68. The Morgan fingerprint density at radius 1 is 1.36 bits per heavy atom. The second-order valence-electron chi connectivity index (χ2n) is 4.66. The molecule has 0 heterocycles. The Kier molecular flexibility index (Phi) is 3.95. The van der Waals surface area contributed by atoms with Crippen molar-refractivity contribution < 1.29 is 5.11 Å². The van der Waals surface area contributed by atoms with Crippen LogP contribution in [0.3, 0.4) is 0 Å². The van der Waals surface area contributed by atoms with E-state index in [4.69, 9.17) is 0 Å². The molecule has 2 atom stereocenters. The SMILES string of the molecule is CCC(C)C(O)C1(C#N)CCCCC1. The fourth-order valence-corrected chi connectivity index (χ4v) is 2.42. The van der Waals surface area contributed by atoms with Crippen LogP contribution in [0.15, 0.2) is 0 Å². The summed E-state index contributed by atoms with van der Waals surface area (Å²) < 4.78 is 0. The third-order valence-corrected chi connectivity index (χ3v) is 3.72. The highest BCUT2D eigenvalue weighted by molar-refractivity contribution is 5.05. The predicted octanol–water partition coefficient (Wildman–Crippen LogP) is 2.87. The standard InChI is InChI=1S/C12H21NO/c1-3-10(2)11(14)12(9-13)7-5-4-6-8-12/h10-11,14H,3-8H2,1-2H3. The summed E-state index contributed by atoms with van der Waals surface area (Å²) >= 11 is 0. The summed E-state index contributed by atoms with van der Waals surface area (Å²) in [5.74, 6) is 0.243. The highest BCUT2D eigenvalue weighted by Gasteiger charge is 2.41. The number of rotatable bonds is 3. The Labute approximate surface area is 86.9 Å². The van der Waals surface area contributed by atoms with Crippen LogP contribution in [-0.2, 0) is 0 Å². The van der Waals surface area contributed by atoms with Crippen LogP contribution in [0.4, 0.5) is 0 Å². The van der Waals surface area contributed by atoms with E-state index in [1.807, 2.05) is 6.92 Å². The lowest BCUT2D eigenvalue weighted by Crippen LogP contribution is -2.39. The van der Waals surface area contributed by atoms with Crippen molar-refractivity contribution in [2.45, 2.75) is 58.5 Å². The number of hydrogen-bond acceptors (Lipinski definition) is 2. The van der Waals surface area contributed by atoms with Gasteiger partial charge in [0.1, 0.15) is 0 Å². The first-order valence-electron chi connectivity index (χ1n) is 5.75. The maximum Gasteiger partial charge on any atom is 0.0834 e. The number of nitriles is 1. The van der Waals surface area contributed by atoms with E-state index in [2.05, 4.69) is 13.0 Å². The van der Waals surface area contributed by atoms with Gasteiger partial charge in [0, 0.05) is 0 Å². The molecule has 0 aromatic rings. The molecule has 0 spiro atoms. The van der Waals surface area contributed by atoms with Crippen molar-refractivity contribution in [2.24, 2.45) is 11.3 Å². The molecule has 2 unspecified atom stereocenters. The lowest BCUT2D eigenvalue weighted by Gasteiger charge is -2.37. The molecule has 2 heteroatoms. The highest BCUT2D eigenvalue weighted by atomic mass is 16.3. The molecule has 80 valence electrons. The Hall–Kier alpha value is -0.550. The summed E-state index contributed by atoms with van der Waals surface area (Å²) in [7, 11) is 0. The van der Waals surface area contributed by atoms with Gasteiger partial charge in [0.25, 0.3) is 0 Å². The Balaban J connectivity index is 2.73. The Bertz CT molecular complexity index is 213. The van der Waals surface area contributed by atoms with Gasteiger partial charge in [-0.3, -0.25) is 0 Å². The zero-order valence-corrected chi connectivity index (χ0v) is 9.29. The van der Waals surface area contributed by atoms with Crippen LogP contribution in [-0.4, -0.2) is 11.2 Å². The maximum absolute atomic E-state index is 10.2. The molecular formula is C12H21NO. The summed E-state index contributed by atoms with van der Waals surface area (Å²) in [6.07, 6.45) is 5.70. The minimum absolute atomic E-state index is 0.243. The molecule has 2 nitrogen and oxygen atoms in total. The van der Waals surface area contributed by atoms with E-state index in [9.17, 15) is 10.4 Å². The van der Waals surface area contributed by atoms with E-state index in [0.717, 1.165) is 32.1 Å². The summed E-state index contributed by atoms with van der Waals surface area (Å²) in [6.45, 7) is 4.11. The van der Waals surface area contributed by atoms with Crippen molar-refractivity contribution in [3.8, 4) is 6.07 Å². The van der Waals surface area contributed by atoms with Gasteiger partial charge in [-0.2, -0.15) is 5.26 Å². The molecule has 1 aliphatic rings. The van der Waals surface area contributed by atoms with Crippen molar-refractivity contribution in [2.75, 3.05) is 0 Å². The molecule has 1 N–H and O–H groups in total. The molecule has 14 heavy (non-hydrogen) atoms. The van der Waals surface area contributed by atoms with Gasteiger partial charge < -0.3 is 5.11 Å². The minimum Gasteiger partial charge on any atom is -0.391 e. The first kappa shape index (κ1) is 11.5. The number of hydrogen-bond donors (Lipinski definition) is 1. The van der Waals surface area contributed by atoms with E-state index < -0.39 is 11.5 Å². The van der Waals surface area contributed by atoms with E-state index in [0.29, 0.717) is 0 Å². The predicted molar refractivity (Wildman–Crippen MR) is 56.6 cm³/mol. The molecule has 0 amide bonds. The van der Waals surface area contributed by atoms with Crippen molar-refractivity contribution in [3.63, 3.8) is 0 Å². The molecule has 0 aromatic carbocycles. The molecular weight excluding hydrogens is 174 g/mol. The molecule has 0 aliphatic heterocycles. The van der Waals surface area contributed by atoms with Gasteiger partial charge in [0.2, 0.25) is 0 Å². The molecule has 1 saturated carbocycles. The van der Waals surface area contributed by atoms with Gasteiger partial charge in [-0.25, -0.2) is 0 Å². The Morgan fingerprint density at radius 2 is 1.93 bits per heavy atom. The number of aliphatic hydroxyl groups excluding tert-OH is 1. The monoisotopic (exact) mass is 195 g/mol. The molecule has 0 aromatic heterocycles. The highest BCUT2D eigenvalue weighted by Crippen LogP contribution is 2.41. The summed E-state index contributed by atoms with van der Waals surface area (Å²) in [5, 5.41) is 19.4. The van der Waals surface area contributed by atoms with Gasteiger partial charge in [-0.1, -0.05) is 39.5 Å². The zero-order chi connectivity index (χ0) is 10.6. The van der Waals surface area contributed by atoms with E-state index in [1.54, 1.807) is 0 Å². The van der Waals surface area contributed by atoms with Crippen LogP contribution in [0.2, 0.25) is 0 Å². The van der Waals surface area contributed by atoms with Crippen molar-refractivity contribution >= 4 is 0 Å². The average Bonchev–Trinajstić information content (AvgIpc) is 2.28. The van der Waals surface area contributed by atoms with Gasteiger partial charge >= 0.3 is 0 Å². The molecule has 0 bridgehead atoms. The van der Waals surface area contributed by atoms with Crippen LogP contribution in [0.25, 0.3) is 0 Å². The molecule has 1 fully saturated rings. The van der Waals surface area contributed by atoms with Crippen molar-refractivity contribution in [3.05, 3.63) is 0 Å². The topological polar surface area (TPSA) is 44.0 Å². The summed E-state index contributed by atoms with van der Waals surface area (Å²) in [6, 6.07) is 2.38. The quantitative estimate of drug-likeness (QED) is 0.752. The molecule has 1 rings (SSSR count). The molecule has 0 radical (unpaired) electrons. The number of aliphatic hydroxyl groups is 1. The third-order valence-electron chi connectivity index (χ3n) is 3.72. The van der Waals surface area contributed by atoms with Crippen molar-refractivity contribution in [1.29, 1.82) is 5.26 Å². The lowest BCUT2D eigenvalue weighted by molar-refractivity contribution is -0.00304. The second kappa shape index (κ2) is 4.79. The normalized spacial score (nSPS) is 25.0. The first-order valence-corrected chi connectivity index (χ1v) is 5.75. The van der Waals surface area contributed by atoms with E-state index in [-0.39, 0.29) is 5.92 Å². The first-order chi connectivity index (χ1) is 6.66. The Morgan fingerprint density at radius 3 is 2.36 bits per heavy atom. The smallest absolute Gasteiger partial charge is 0.0834 e.